The van der Waals surface area contributed by atoms with Gasteiger partial charge in [-0.05, 0) is 37.3 Å². The van der Waals surface area contributed by atoms with Crippen molar-refractivity contribution in [3.8, 4) is 0 Å². The number of hydrogen-bond donors (Lipinski definition) is 2. The van der Waals surface area contributed by atoms with Crippen molar-refractivity contribution in [3.05, 3.63) is 59.7 Å². The molecule has 0 unspecified atom stereocenters. The van der Waals surface area contributed by atoms with Crippen molar-refractivity contribution >= 4 is 29.0 Å². The van der Waals surface area contributed by atoms with E-state index in [1.165, 1.54) is 11.8 Å². The molecule has 25 heavy (non-hydrogen) atoms. The zero-order valence-electron chi connectivity index (χ0n) is 14.5. The first-order chi connectivity index (χ1) is 11.9. The van der Waals surface area contributed by atoms with Crippen molar-refractivity contribution in [2.45, 2.75) is 6.92 Å². The number of benzene rings is 2. The van der Waals surface area contributed by atoms with Gasteiger partial charge in [-0.15, -0.1) is 0 Å². The number of Topliss-reactive ketones (excluding diaryl/α,β-unsaturated/α-hetero) is 1. The quantitative estimate of drug-likeness (QED) is 0.793. The molecule has 130 valence electrons. The molecule has 0 atom stereocenters. The van der Waals surface area contributed by atoms with Gasteiger partial charge in [0.2, 0.25) is 5.91 Å². The van der Waals surface area contributed by atoms with E-state index < -0.39 is 0 Å². The third-order valence-electron chi connectivity index (χ3n) is 3.55. The van der Waals surface area contributed by atoms with Gasteiger partial charge in [-0.3, -0.25) is 14.4 Å². The third kappa shape index (κ3) is 4.91. The summed E-state index contributed by atoms with van der Waals surface area (Å²) in [5.41, 5.74) is 2.16. The van der Waals surface area contributed by atoms with E-state index in [4.69, 9.17) is 0 Å². The van der Waals surface area contributed by atoms with E-state index in [1.54, 1.807) is 62.6 Å². The lowest BCUT2D eigenvalue weighted by atomic mass is 10.1. The fourth-order valence-electron chi connectivity index (χ4n) is 2.30. The Morgan fingerprint density at radius 1 is 1.00 bits per heavy atom. The number of carbonyl (C=O) groups excluding carboxylic acids is 3. The van der Waals surface area contributed by atoms with E-state index in [1.807, 2.05) is 0 Å². The minimum Gasteiger partial charge on any atom is -0.376 e. The van der Waals surface area contributed by atoms with Crippen LogP contribution in [-0.4, -0.2) is 43.1 Å². The van der Waals surface area contributed by atoms with Crippen LogP contribution in [0.1, 0.15) is 27.6 Å². The summed E-state index contributed by atoms with van der Waals surface area (Å²) in [6.07, 6.45) is 0. The van der Waals surface area contributed by atoms with Gasteiger partial charge in [0.1, 0.15) is 0 Å². The van der Waals surface area contributed by atoms with Crippen LogP contribution in [0, 0.1) is 0 Å². The summed E-state index contributed by atoms with van der Waals surface area (Å²) >= 11 is 0. The van der Waals surface area contributed by atoms with Gasteiger partial charge in [-0.2, -0.15) is 0 Å². The smallest absolute Gasteiger partial charge is 0.253 e. The van der Waals surface area contributed by atoms with Crippen molar-refractivity contribution in [1.82, 2.24) is 4.90 Å². The molecule has 0 spiro atoms. The zero-order chi connectivity index (χ0) is 18.4. The first kappa shape index (κ1) is 18.2. The van der Waals surface area contributed by atoms with E-state index in [0.29, 0.717) is 22.5 Å². The summed E-state index contributed by atoms with van der Waals surface area (Å²) < 4.78 is 0. The number of anilines is 2. The highest BCUT2D eigenvalue weighted by atomic mass is 16.2. The van der Waals surface area contributed by atoms with Gasteiger partial charge in [0.25, 0.3) is 5.91 Å². The average molecular weight is 339 g/mol. The molecular formula is C19H21N3O3. The maximum absolute atomic E-state index is 12.1. The largest absolute Gasteiger partial charge is 0.376 e. The molecule has 0 radical (unpaired) electrons. The molecule has 2 amide bonds. The first-order valence-electron chi connectivity index (χ1n) is 7.84. The van der Waals surface area contributed by atoms with Gasteiger partial charge in [0, 0.05) is 30.9 Å². The molecule has 0 heterocycles. The van der Waals surface area contributed by atoms with Crippen molar-refractivity contribution in [3.63, 3.8) is 0 Å². The summed E-state index contributed by atoms with van der Waals surface area (Å²) in [4.78, 5) is 37.2. The predicted molar refractivity (Wildman–Crippen MR) is 98.0 cm³/mol. The molecule has 0 bridgehead atoms. The monoisotopic (exact) mass is 339 g/mol. The lowest BCUT2D eigenvalue weighted by Crippen LogP contribution is -2.23. The molecule has 0 fully saturated rings. The highest BCUT2D eigenvalue weighted by Gasteiger charge is 2.11. The Kier molecular flexibility index (Phi) is 5.89. The molecule has 2 rings (SSSR count). The summed E-state index contributed by atoms with van der Waals surface area (Å²) in [7, 11) is 3.37. The van der Waals surface area contributed by atoms with Gasteiger partial charge in [0.15, 0.2) is 5.78 Å². The van der Waals surface area contributed by atoms with Gasteiger partial charge < -0.3 is 15.5 Å². The molecule has 0 aromatic heterocycles. The number of nitrogens with zero attached hydrogens (tertiary/aromatic N) is 1. The second-order valence-corrected chi connectivity index (χ2v) is 5.78. The zero-order valence-corrected chi connectivity index (χ0v) is 14.5. The first-order valence-corrected chi connectivity index (χ1v) is 7.84. The van der Waals surface area contributed by atoms with Crippen LogP contribution >= 0.6 is 0 Å². The van der Waals surface area contributed by atoms with E-state index in [0.717, 1.165) is 0 Å². The molecular weight excluding hydrogens is 318 g/mol. The fourth-order valence-corrected chi connectivity index (χ4v) is 2.30. The second kappa shape index (κ2) is 8.10. The van der Waals surface area contributed by atoms with Crippen LogP contribution in [0.4, 0.5) is 11.4 Å². The van der Waals surface area contributed by atoms with E-state index in [9.17, 15) is 14.4 Å². The molecule has 2 aromatic rings. The van der Waals surface area contributed by atoms with Crippen LogP contribution in [0.3, 0.4) is 0 Å². The molecule has 0 saturated carbocycles. The van der Waals surface area contributed by atoms with Gasteiger partial charge in [-0.1, -0.05) is 18.2 Å². The summed E-state index contributed by atoms with van der Waals surface area (Å²) in [6.45, 7) is 1.47. The summed E-state index contributed by atoms with van der Waals surface area (Å²) in [6, 6.07) is 13.8. The van der Waals surface area contributed by atoms with Crippen molar-refractivity contribution in [2.24, 2.45) is 0 Å². The normalized spacial score (nSPS) is 10.0. The fraction of sp³-hybridized carbons (Fsp3) is 0.211. The number of hydrogen-bond acceptors (Lipinski definition) is 4. The molecule has 0 saturated heterocycles. The number of amides is 2. The van der Waals surface area contributed by atoms with Gasteiger partial charge in [0.05, 0.1) is 12.2 Å². The Hall–Kier alpha value is -3.15. The minimum absolute atomic E-state index is 0.0197. The Morgan fingerprint density at radius 3 is 2.40 bits per heavy atom. The Bertz CT molecular complexity index is 800. The topological polar surface area (TPSA) is 78.5 Å². The third-order valence-corrected chi connectivity index (χ3v) is 3.55. The van der Waals surface area contributed by atoms with E-state index >= 15 is 0 Å². The maximum Gasteiger partial charge on any atom is 0.253 e. The van der Waals surface area contributed by atoms with E-state index in [2.05, 4.69) is 10.6 Å². The molecule has 6 heteroatoms. The number of nitrogens with one attached hydrogen (secondary N) is 2. The molecule has 0 aliphatic heterocycles. The minimum atomic E-state index is -0.280. The lowest BCUT2D eigenvalue weighted by Gasteiger charge is -2.13. The Morgan fingerprint density at radius 2 is 1.72 bits per heavy atom. The van der Waals surface area contributed by atoms with Crippen LogP contribution in [0.15, 0.2) is 48.5 Å². The van der Waals surface area contributed by atoms with Crippen LogP contribution < -0.4 is 10.6 Å². The number of ketones is 1. The summed E-state index contributed by atoms with van der Waals surface area (Å²) in [5, 5.41) is 5.70. The average Bonchev–Trinajstić information content (AvgIpc) is 2.59. The van der Waals surface area contributed by atoms with Crippen LogP contribution in [0.25, 0.3) is 0 Å². The Balaban J connectivity index is 2.00. The SMILES string of the molecule is CC(=O)c1ccccc1NC(=O)CNc1cccc(C(=O)N(C)C)c1. The van der Waals surface area contributed by atoms with Gasteiger partial charge in [-0.25, -0.2) is 0 Å². The molecule has 0 aliphatic carbocycles. The number of carbonyl (C=O) groups is 3. The maximum atomic E-state index is 12.1. The van der Waals surface area contributed by atoms with Crippen molar-refractivity contribution in [1.29, 1.82) is 0 Å². The lowest BCUT2D eigenvalue weighted by molar-refractivity contribution is -0.114. The molecule has 2 aromatic carbocycles. The van der Waals surface area contributed by atoms with E-state index in [-0.39, 0.29) is 24.1 Å². The molecule has 6 nitrogen and oxygen atoms in total. The number of para-hydroxylation sites is 1. The Labute approximate surface area is 146 Å². The predicted octanol–water partition coefficient (Wildman–Crippen LogP) is 2.64. The standard InChI is InChI=1S/C19H21N3O3/c1-13(23)16-9-4-5-10-17(16)21-18(24)12-20-15-8-6-7-14(11-15)19(25)22(2)3/h4-11,20H,12H2,1-3H3,(H,21,24). The van der Waals surface area contributed by atoms with Crippen LogP contribution in [0.2, 0.25) is 0 Å². The van der Waals surface area contributed by atoms with Crippen molar-refractivity contribution < 1.29 is 14.4 Å². The van der Waals surface area contributed by atoms with Crippen LogP contribution in [0.5, 0.6) is 0 Å². The molecule has 2 N–H and O–H groups in total. The molecule has 0 aliphatic rings. The summed E-state index contributed by atoms with van der Waals surface area (Å²) in [5.74, 6) is -0.500. The highest BCUT2D eigenvalue weighted by molar-refractivity contribution is 6.04. The number of rotatable bonds is 6. The second-order valence-electron chi connectivity index (χ2n) is 5.78. The van der Waals surface area contributed by atoms with Crippen molar-refractivity contribution in [2.75, 3.05) is 31.3 Å². The van der Waals surface area contributed by atoms with Gasteiger partial charge >= 0.3 is 0 Å². The van der Waals surface area contributed by atoms with Crippen LogP contribution in [-0.2, 0) is 4.79 Å². The highest BCUT2D eigenvalue weighted by Crippen LogP contribution is 2.16.